The molecular formula is C78H61ClN12O10S. The highest BCUT2D eigenvalue weighted by Crippen LogP contribution is 2.32. The van der Waals surface area contributed by atoms with E-state index in [0.717, 1.165) is 50.6 Å². The molecular weight excluding hydrogens is 1330 g/mol. The molecule has 506 valence electrons. The van der Waals surface area contributed by atoms with Crippen molar-refractivity contribution in [1.82, 2.24) is 59.7 Å². The number of benzene rings is 8. The first-order chi connectivity index (χ1) is 49.4. The molecule has 4 N–H and O–H groups in total. The molecule has 22 nitrogen and oxygen atoms in total. The van der Waals surface area contributed by atoms with Crippen LogP contribution in [0.1, 0.15) is 27.8 Å². The standard InChI is InChI=1S/C27H20N4O4.C27H20N4O3S.C24H21ClN4O3/c32-25-23(26(33)29-27(34)28-25)15-20-16-31(21-9-5-2-6-10-21)30-24(20)19-11-13-22(14-12-19)35-17-18-7-3-1-4-8-18;32-25-23(26(33)29-27(35)28-25)15-20-16-31(21-9-5-2-6-10-21)30-24(20)19-11-13-22(14-12-19)34-17-18-7-3-1-4-8-18;1-15-27(2)23(30)21(24(31)28(15)3)13-17-14-29(19-9-7-18(25)8-10-19)26-22(17)16-5-11-20(32-4)12-6-16/h1-16H,17H2,(H2,28,29,32,33,34);1-16H,17H2,(H2,28,29,32,33,35);5-14H,1H2,2-4H3. The molecule has 2 aliphatic rings. The summed E-state index contributed by atoms with van der Waals surface area (Å²) in [5.74, 6) is -0.499. The Morgan fingerprint density at radius 1 is 0.431 bits per heavy atom. The van der Waals surface area contributed by atoms with Crippen molar-refractivity contribution in [3.63, 3.8) is 0 Å². The minimum atomic E-state index is -0.844. The Kier molecular flexibility index (Phi) is 20.8. The predicted molar refractivity (Wildman–Crippen MR) is 392 cm³/mol. The van der Waals surface area contributed by atoms with Gasteiger partial charge in [0.2, 0.25) is 0 Å². The molecule has 12 aromatic rings. The molecule has 0 radical (unpaired) electrons. The number of ether oxygens (including phenoxy) is 3. The lowest BCUT2D eigenvalue weighted by Gasteiger charge is -2.16. The van der Waals surface area contributed by atoms with Crippen LogP contribution in [0.25, 0.3) is 75.6 Å². The number of para-hydroxylation sites is 2. The molecule has 24 heteroatoms. The van der Waals surface area contributed by atoms with E-state index < -0.39 is 40.8 Å². The number of carbonyl (C=O) groups is 5. The van der Waals surface area contributed by atoms with Crippen molar-refractivity contribution in [2.24, 2.45) is 14.1 Å². The van der Waals surface area contributed by atoms with Gasteiger partial charge < -0.3 is 14.2 Å². The first-order valence-electron chi connectivity index (χ1n) is 31.5. The zero-order valence-corrected chi connectivity index (χ0v) is 56.4. The zero-order valence-electron chi connectivity index (χ0n) is 54.8. The maximum absolute atomic E-state index is 12.8. The molecule has 0 unspecified atom stereocenters. The zero-order chi connectivity index (χ0) is 71.4. The van der Waals surface area contributed by atoms with Crippen molar-refractivity contribution in [2.45, 2.75) is 13.2 Å². The highest BCUT2D eigenvalue weighted by atomic mass is 35.5. The molecule has 0 bridgehead atoms. The number of aromatic nitrogens is 8. The van der Waals surface area contributed by atoms with E-state index in [1.165, 1.54) is 21.3 Å². The van der Waals surface area contributed by atoms with Gasteiger partial charge in [-0.05, 0) is 163 Å². The van der Waals surface area contributed by atoms with Crippen molar-refractivity contribution in [2.75, 3.05) is 7.11 Å². The van der Waals surface area contributed by atoms with Gasteiger partial charge in [-0.2, -0.15) is 15.3 Å². The summed E-state index contributed by atoms with van der Waals surface area (Å²) in [7, 11) is 4.77. The topological polar surface area (TPSA) is 259 Å². The third-order valence-electron chi connectivity index (χ3n) is 16.1. The summed E-state index contributed by atoms with van der Waals surface area (Å²) in [5, 5.41) is 23.9. The van der Waals surface area contributed by atoms with Crippen LogP contribution in [0.2, 0.25) is 5.02 Å². The monoisotopic (exact) mass is 1390 g/mol. The molecule has 14 rings (SSSR count). The van der Waals surface area contributed by atoms with E-state index in [-0.39, 0.29) is 21.5 Å². The van der Waals surface area contributed by atoms with Gasteiger partial charge in [-0.1, -0.05) is 115 Å². The van der Waals surface area contributed by atoms with Crippen LogP contribution in [-0.4, -0.2) is 80.4 Å². The third-order valence-corrected chi connectivity index (χ3v) is 16.6. The second kappa shape index (κ2) is 31.0. The number of carbonyl (C=O) groups excluding carboxylic acids is 5. The lowest BCUT2D eigenvalue weighted by Crippen LogP contribution is -2.56. The van der Waals surface area contributed by atoms with E-state index in [1.807, 2.05) is 206 Å². The minimum absolute atomic E-state index is 0.0107. The number of urea groups is 1. The lowest BCUT2D eigenvalue weighted by molar-refractivity contribution is -0.125. The summed E-state index contributed by atoms with van der Waals surface area (Å²) in [4.78, 5) is 86.4. The summed E-state index contributed by atoms with van der Waals surface area (Å²) < 4.78 is 24.8. The summed E-state index contributed by atoms with van der Waals surface area (Å²) in [6, 6.07) is 67.6. The number of halogens is 1. The molecule has 2 fully saturated rings. The maximum atomic E-state index is 12.8. The Morgan fingerprint density at radius 3 is 1.14 bits per heavy atom. The Hall–Kier alpha value is -13.4. The average molecular weight is 1390 g/mol. The number of hydrogen-bond donors (Lipinski definition) is 4. The van der Waals surface area contributed by atoms with Crippen LogP contribution in [0.15, 0.2) is 258 Å². The Bertz CT molecular complexity index is 5160. The quantitative estimate of drug-likeness (QED) is 0.0399. The minimum Gasteiger partial charge on any atom is -0.497 e. The Balaban J connectivity index is 0.000000145. The van der Waals surface area contributed by atoms with E-state index >= 15 is 0 Å². The fraction of sp³-hybridized carbons (Fsp3) is 0.0641. The van der Waals surface area contributed by atoms with Gasteiger partial charge >= 0.3 is 6.03 Å². The van der Waals surface area contributed by atoms with Gasteiger partial charge in [0.25, 0.3) is 34.7 Å². The molecule has 2 saturated heterocycles. The van der Waals surface area contributed by atoms with E-state index in [9.17, 15) is 33.6 Å². The van der Waals surface area contributed by atoms with Crippen LogP contribution < -0.4 is 57.3 Å². The molecule has 0 aliphatic carbocycles. The number of nitrogens with one attached hydrogen (secondary N) is 4. The lowest BCUT2D eigenvalue weighted by atomic mass is 10.0. The molecule has 0 atom stereocenters. The molecule has 0 spiro atoms. The molecule has 8 aromatic carbocycles. The summed E-state index contributed by atoms with van der Waals surface area (Å²) in [6.45, 7) is 4.71. The number of imide groups is 2. The largest absolute Gasteiger partial charge is 0.497 e. The molecule has 4 aromatic heterocycles. The fourth-order valence-electron chi connectivity index (χ4n) is 10.7. The molecule has 6 amide bonds. The smallest absolute Gasteiger partial charge is 0.328 e. The first-order valence-corrected chi connectivity index (χ1v) is 32.3. The third kappa shape index (κ3) is 16.1. The number of barbiturate groups is 1. The van der Waals surface area contributed by atoms with Gasteiger partial charge in [-0.15, -0.1) is 0 Å². The van der Waals surface area contributed by atoms with Crippen molar-refractivity contribution in [1.29, 1.82) is 0 Å². The maximum Gasteiger partial charge on any atom is 0.328 e. The number of methoxy groups -OCH3 is 1. The normalized spacial score (nSPS) is 12.5. The van der Waals surface area contributed by atoms with Crippen LogP contribution in [-0.2, 0) is 46.5 Å². The molecule has 0 saturated carbocycles. The average Bonchev–Trinajstić information content (AvgIpc) is 1.06. The van der Waals surface area contributed by atoms with Crippen LogP contribution in [0.4, 0.5) is 4.79 Å². The van der Waals surface area contributed by atoms with Gasteiger partial charge in [0.05, 0.1) is 41.3 Å². The summed E-state index contributed by atoms with van der Waals surface area (Å²) >= 11 is 10.9. The van der Waals surface area contributed by atoms with Gasteiger partial charge in [0, 0.05) is 71.1 Å². The Labute approximate surface area is 593 Å². The van der Waals surface area contributed by atoms with E-state index in [0.29, 0.717) is 69.0 Å². The second-order valence-corrected chi connectivity index (χ2v) is 23.7. The van der Waals surface area contributed by atoms with Crippen molar-refractivity contribution >= 4 is 83.4 Å². The van der Waals surface area contributed by atoms with Gasteiger partial charge in [-0.25, -0.2) is 18.8 Å². The number of rotatable bonds is 16. The predicted octanol–water partition coefficient (Wildman–Crippen LogP) is 9.74. The summed E-state index contributed by atoms with van der Waals surface area (Å²) in [5.41, 5.74) is 9.82. The van der Waals surface area contributed by atoms with Crippen LogP contribution >= 0.6 is 23.8 Å². The summed E-state index contributed by atoms with van der Waals surface area (Å²) in [6.07, 6.45) is 9.81. The van der Waals surface area contributed by atoms with E-state index in [1.54, 1.807) is 72.0 Å². The second-order valence-electron chi connectivity index (χ2n) is 22.9. The van der Waals surface area contributed by atoms with Crippen LogP contribution in [0, 0.1) is 0 Å². The van der Waals surface area contributed by atoms with Crippen molar-refractivity contribution < 1.29 is 38.2 Å². The van der Waals surface area contributed by atoms with E-state index in [4.69, 9.17) is 53.3 Å². The highest BCUT2D eigenvalue weighted by molar-refractivity contribution is 7.80. The molecule has 102 heavy (non-hydrogen) atoms. The number of hydrogen-bond acceptors (Lipinski definition) is 14. The Morgan fingerprint density at radius 2 is 0.765 bits per heavy atom. The number of amides is 6. The molecule has 2 aliphatic heterocycles. The SMILES string of the molecule is C=c1n(C)c(=O)c(=Cc2cn(-c3ccc(Cl)cc3)nc2-c2ccc(OC)cc2)c(=O)n1C.O=C1NC(=O)C(=Cc2cn(-c3ccccc3)nc2-c2ccc(OCc3ccccc3)cc2)C(=O)N1.O=C1NC(=S)NC(=O)C1=Cc1cn(-c2ccccc2)nc1-c1ccc(OCc2ccccc2)cc1. The van der Waals surface area contributed by atoms with E-state index in [2.05, 4.69) is 27.8 Å². The van der Waals surface area contributed by atoms with Gasteiger partial charge in [0.1, 0.15) is 52.3 Å². The van der Waals surface area contributed by atoms with Gasteiger partial charge in [0.15, 0.2) is 5.11 Å². The fourth-order valence-corrected chi connectivity index (χ4v) is 11.0. The van der Waals surface area contributed by atoms with Crippen molar-refractivity contribution in [3.8, 4) is 68.1 Å². The highest BCUT2D eigenvalue weighted by Gasteiger charge is 2.30. The number of nitrogens with zero attached hydrogens (tertiary/aromatic N) is 8. The molecule has 6 heterocycles. The van der Waals surface area contributed by atoms with Crippen LogP contribution in [0.3, 0.4) is 0 Å². The van der Waals surface area contributed by atoms with Crippen LogP contribution in [0.5, 0.6) is 17.2 Å². The van der Waals surface area contributed by atoms with Crippen molar-refractivity contribution in [3.05, 3.63) is 312 Å². The van der Waals surface area contributed by atoms with Gasteiger partial charge in [-0.3, -0.25) is 59.2 Å². The first kappa shape index (κ1) is 68.6. The number of thiocarbonyl (C=S) groups is 1.